The topological polar surface area (TPSA) is 69.6 Å². The van der Waals surface area contributed by atoms with Gasteiger partial charge >= 0.3 is 0 Å². The average Bonchev–Trinajstić information content (AvgIpc) is 3.24. The van der Waals surface area contributed by atoms with Gasteiger partial charge in [0, 0.05) is 6.42 Å². The van der Waals surface area contributed by atoms with Gasteiger partial charge in [0.2, 0.25) is 5.91 Å². The van der Waals surface area contributed by atoms with Crippen molar-refractivity contribution in [1.82, 2.24) is 5.32 Å². The van der Waals surface area contributed by atoms with E-state index in [0.717, 1.165) is 57.8 Å². The van der Waals surface area contributed by atoms with Crippen LogP contribution >= 0.6 is 0 Å². The quantitative estimate of drug-likeness (QED) is 0.0424. The van der Waals surface area contributed by atoms with E-state index in [1.54, 1.807) is 6.08 Å². The monoisotopic (exact) mass is 818 g/mol. The third-order valence-corrected chi connectivity index (χ3v) is 10.8. The van der Waals surface area contributed by atoms with Crippen molar-refractivity contribution in [2.45, 2.75) is 238 Å². The van der Waals surface area contributed by atoms with Crippen LogP contribution in [-0.2, 0) is 4.79 Å². The summed E-state index contributed by atoms with van der Waals surface area (Å²) in [7, 11) is 0. The molecular weight excluding hydrogens is 723 g/mol. The molecule has 0 radical (unpaired) electrons. The fraction of sp³-hybridized carbons (Fsp3) is 0.691. The summed E-state index contributed by atoms with van der Waals surface area (Å²) in [6, 6.07) is -0.706. The fourth-order valence-electron chi connectivity index (χ4n) is 7.04. The van der Waals surface area contributed by atoms with Crippen LogP contribution in [0.15, 0.2) is 97.2 Å². The molecule has 59 heavy (non-hydrogen) atoms. The second-order valence-corrected chi connectivity index (χ2v) is 16.5. The van der Waals surface area contributed by atoms with Crippen molar-refractivity contribution < 1.29 is 15.0 Å². The van der Waals surface area contributed by atoms with Crippen LogP contribution in [0.3, 0.4) is 0 Å². The number of allylic oxidation sites excluding steroid dienone is 14. The van der Waals surface area contributed by atoms with E-state index < -0.39 is 12.1 Å². The number of hydrogen-bond donors (Lipinski definition) is 3. The molecule has 2 unspecified atom stereocenters. The first-order valence-electron chi connectivity index (χ1n) is 25.0. The lowest BCUT2D eigenvalue weighted by molar-refractivity contribution is -0.122. The second kappa shape index (κ2) is 49.7. The van der Waals surface area contributed by atoms with Gasteiger partial charge in [-0.15, -0.1) is 0 Å². The number of nitrogens with one attached hydrogen (secondary N) is 1. The Labute approximate surface area is 366 Å². The van der Waals surface area contributed by atoms with Gasteiger partial charge in [-0.05, 0) is 70.6 Å². The van der Waals surface area contributed by atoms with E-state index in [2.05, 4.69) is 92.1 Å². The Morgan fingerprint density at radius 2 is 0.763 bits per heavy atom. The molecule has 0 saturated heterocycles. The summed E-state index contributed by atoms with van der Waals surface area (Å²) in [5, 5.41) is 22.9. The van der Waals surface area contributed by atoms with Crippen molar-refractivity contribution in [1.29, 1.82) is 0 Å². The third kappa shape index (κ3) is 46.2. The number of carbonyl (C=O) groups is 1. The Kier molecular flexibility index (Phi) is 47.4. The predicted molar refractivity (Wildman–Crippen MR) is 262 cm³/mol. The highest BCUT2D eigenvalue weighted by Gasteiger charge is 2.17. The Bertz CT molecular complexity index is 1110. The molecule has 4 nitrogen and oxygen atoms in total. The number of rotatable bonds is 44. The SMILES string of the molecule is CC/C=C\C/C=C\C/C=C\C/C=C\C/C=C\CC(=O)NC(CO)C(O)/C=C/CC/C=C/CC/C=C/CCCCCCCCCCCCCCCCCCCCCCCC. The molecular formula is C55H95NO3. The molecule has 0 fully saturated rings. The first-order valence-corrected chi connectivity index (χ1v) is 25.0. The molecule has 0 aliphatic carbocycles. The van der Waals surface area contributed by atoms with E-state index in [-0.39, 0.29) is 18.9 Å². The van der Waals surface area contributed by atoms with Crippen molar-refractivity contribution in [2.24, 2.45) is 0 Å². The predicted octanol–water partition coefficient (Wildman–Crippen LogP) is 16.2. The van der Waals surface area contributed by atoms with E-state index in [9.17, 15) is 15.0 Å². The molecule has 0 heterocycles. The lowest BCUT2D eigenvalue weighted by atomic mass is 10.0. The summed E-state index contributed by atoms with van der Waals surface area (Å²) in [6.45, 7) is 4.13. The van der Waals surface area contributed by atoms with E-state index in [1.807, 2.05) is 18.2 Å². The summed E-state index contributed by atoms with van der Waals surface area (Å²) >= 11 is 0. The van der Waals surface area contributed by atoms with Crippen molar-refractivity contribution in [3.8, 4) is 0 Å². The minimum absolute atomic E-state index is 0.207. The smallest absolute Gasteiger partial charge is 0.224 e. The van der Waals surface area contributed by atoms with E-state index in [0.29, 0.717) is 0 Å². The molecule has 0 bridgehead atoms. The molecule has 4 heteroatoms. The van der Waals surface area contributed by atoms with Crippen LogP contribution in [0.25, 0.3) is 0 Å². The van der Waals surface area contributed by atoms with Gasteiger partial charge in [-0.1, -0.05) is 246 Å². The van der Waals surface area contributed by atoms with Crippen molar-refractivity contribution >= 4 is 5.91 Å². The van der Waals surface area contributed by atoms with Crippen molar-refractivity contribution in [3.05, 3.63) is 97.2 Å². The molecule has 338 valence electrons. The third-order valence-electron chi connectivity index (χ3n) is 10.8. The lowest BCUT2D eigenvalue weighted by Crippen LogP contribution is -2.44. The molecule has 0 aromatic carbocycles. The van der Waals surface area contributed by atoms with Crippen LogP contribution in [0.4, 0.5) is 0 Å². The van der Waals surface area contributed by atoms with Crippen LogP contribution in [0.2, 0.25) is 0 Å². The molecule has 3 N–H and O–H groups in total. The summed E-state index contributed by atoms with van der Waals surface area (Å²) in [5.41, 5.74) is 0. The Morgan fingerprint density at radius 3 is 1.15 bits per heavy atom. The van der Waals surface area contributed by atoms with Crippen LogP contribution < -0.4 is 5.32 Å². The zero-order valence-corrected chi connectivity index (χ0v) is 38.7. The standard InChI is InChI=1S/C55H95NO3/c1-3-5-7-9-11-13-15-17-19-20-21-22-23-24-25-26-27-28-29-30-31-32-33-34-35-37-38-40-42-44-46-48-50-54(58)53(52-57)56-55(59)51-49-47-45-43-41-39-36-18-16-14-12-10-8-6-4-2/h6,8,12,14,18,34-36,40-43,47-50,53-54,57-58H,3-5,7,9-11,13,15-17,19-33,37-39,44-46,51-52H2,1-2H3,(H,56,59)/b8-6-,14-12-,35-34+,36-18-,42-40+,43-41-,49-47-,50-48+. The highest BCUT2D eigenvalue weighted by molar-refractivity contribution is 5.77. The van der Waals surface area contributed by atoms with Gasteiger partial charge in [-0.3, -0.25) is 4.79 Å². The van der Waals surface area contributed by atoms with Crippen LogP contribution in [0.1, 0.15) is 226 Å². The number of hydrogen-bond acceptors (Lipinski definition) is 3. The Balaban J connectivity index is 3.64. The first-order chi connectivity index (χ1) is 29.2. The van der Waals surface area contributed by atoms with E-state index in [1.165, 1.54) is 148 Å². The molecule has 1 amide bonds. The average molecular weight is 818 g/mol. The fourth-order valence-corrected chi connectivity index (χ4v) is 7.04. The van der Waals surface area contributed by atoms with E-state index in [4.69, 9.17) is 0 Å². The minimum atomic E-state index is -0.917. The summed E-state index contributed by atoms with van der Waals surface area (Å²) in [5.74, 6) is -0.207. The van der Waals surface area contributed by atoms with Crippen LogP contribution in [0.5, 0.6) is 0 Å². The molecule has 0 aromatic rings. The van der Waals surface area contributed by atoms with Crippen LogP contribution in [-0.4, -0.2) is 34.9 Å². The largest absolute Gasteiger partial charge is 0.394 e. The first kappa shape index (κ1) is 56.3. The van der Waals surface area contributed by atoms with Gasteiger partial charge in [-0.2, -0.15) is 0 Å². The number of amides is 1. The summed E-state index contributed by atoms with van der Waals surface area (Å²) in [4.78, 5) is 12.3. The van der Waals surface area contributed by atoms with Crippen LogP contribution in [0, 0.1) is 0 Å². The molecule has 0 aliphatic heterocycles. The summed E-state index contributed by atoms with van der Waals surface area (Å²) < 4.78 is 0. The zero-order chi connectivity index (χ0) is 42.8. The Morgan fingerprint density at radius 1 is 0.424 bits per heavy atom. The van der Waals surface area contributed by atoms with Gasteiger partial charge in [0.15, 0.2) is 0 Å². The second-order valence-electron chi connectivity index (χ2n) is 16.5. The molecule has 0 aromatic heterocycles. The summed E-state index contributed by atoms with van der Waals surface area (Å²) in [6.07, 6.45) is 74.4. The highest BCUT2D eigenvalue weighted by atomic mass is 16.3. The maximum atomic E-state index is 12.3. The molecule has 0 rings (SSSR count). The molecule has 2 atom stereocenters. The lowest BCUT2D eigenvalue weighted by Gasteiger charge is -2.19. The molecule has 0 saturated carbocycles. The maximum absolute atomic E-state index is 12.3. The van der Waals surface area contributed by atoms with Gasteiger partial charge < -0.3 is 15.5 Å². The van der Waals surface area contributed by atoms with E-state index >= 15 is 0 Å². The van der Waals surface area contributed by atoms with Gasteiger partial charge in [-0.25, -0.2) is 0 Å². The van der Waals surface area contributed by atoms with Gasteiger partial charge in [0.25, 0.3) is 0 Å². The maximum Gasteiger partial charge on any atom is 0.224 e. The normalized spacial score (nSPS) is 13.8. The molecule has 0 aliphatic rings. The van der Waals surface area contributed by atoms with Gasteiger partial charge in [0.05, 0.1) is 18.8 Å². The number of carbonyl (C=O) groups excluding carboxylic acids is 1. The van der Waals surface area contributed by atoms with Crippen molar-refractivity contribution in [2.75, 3.05) is 6.61 Å². The van der Waals surface area contributed by atoms with Gasteiger partial charge in [0.1, 0.15) is 0 Å². The minimum Gasteiger partial charge on any atom is -0.394 e. The highest BCUT2D eigenvalue weighted by Crippen LogP contribution is 2.16. The molecule has 0 spiro atoms. The number of unbranched alkanes of at least 4 members (excludes halogenated alkanes) is 24. The number of aliphatic hydroxyl groups is 2. The van der Waals surface area contributed by atoms with Crippen molar-refractivity contribution in [3.63, 3.8) is 0 Å². The zero-order valence-electron chi connectivity index (χ0n) is 38.7. The number of aliphatic hydroxyl groups excluding tert-OH is 2. The Hall–Kier alpha value is -2.69.